The second kappa shape index (κ2) is 7.18. The first-order valence-electron chi connectivity index (χ1n) is 6.27. The lowest BCUT2D eigenvalue weighted by Crippen LogP contribution is -2.43. The van der Waals surface area contributed by atoms with E-state index in [0.29, 0.717) is 5.56 Å². The fourth-order valence-electron chi connectivity index (χ4n) is 1.59. The third-order valence-corrected chi connectivity index (χ3v) is 2.76. The van der Waals surface area contributed by atoms with E-state index >= 15 is 0 Å². The van der Waals surface area contributed by atoms with E-state index in [1.807, 2.05) is 0 Å². The average Bonchev–Trinajstić information content (AvgIpc) is 2.42. The van der Waals surface area contributed by atoms with Gasteiger partial charge in [0.05, 0.1) is 4.92 Å². The van der Waals surface area contributed by atoms with Crippen LogP contribution in [0.4, 0.5) is 5.69 Å². The lowest BCUT2D eigenvalue weighted by molar-refractivity contribution is -0.384. The van der Waals surface area contributed by atoms with Crippen LogP contribution in [-0.4, -0.2) is 27.9 Å². The molecule has 0 aliphatic rings. The third-order valence-electron chi connectivity index (χ3n) is 2.76. The first-order chi connectivity index (χ1) is 9.81. The van der Waals surface area contributed by atoms with Gasteiger partial charge in [-0.25, -0.2) is 4.79 Å². The molecule has 1 aromatic rings. The van der Waals surface area contributed by atoms with E-state index in [-0.39, 0.29) is 11.6 Å². The van der Waals surface area contributed by atoms with Crippen LogP contribution in [-0.2, 0) is 9.59 Å². The number of hydrogen-bond donors (Lipinski definition) is 2. The number of carboxylic acids is 1. The fourth-order valence-corrected chi connectivity index (χ4v) is 1.59. The van der Waals surface area contributed by atoms with Crippen molar-refractivity contribution in [2.45, 2.75) is 19.9 Å². The Morgan fingerprint density at radius 2 is 1.86 bits per heavy atom. The number of hydrogen-bond acceptors (Lipinski definition) is 4. The van der Waals surface area contributed by atoms with E-state index in [2.05, 4.69) is 5.32 Å². The van der Waals surface area contributed by atoms with E-state index < -0.39 is 22.8 Å². The van der Waals surface area contributed by atoms with E-state index in [4.69, 9.17) is 5.11 Å². The zero-order valence-electron chi connectivity index (χ0n) is 11.6. The molecule has 7 heteroatoms. The minimum absolute atomic E-state index is 0.0395. The predicted molar refractivity (Wildman–Crippen MR) is 76.5 cm³/mol. The Bertz CT molecular complexity index is 563. The topological polar surface area (TPSA) is 110 Å². The first-order valence-corrected chi connectivity index (χ1v) is 6.27. The minimum Gasteiger partial charge on any atom is -0.480 e. The summed E-state index contributed by atoms with van der Waals surface area (Å²) in [6.07, 6.45) is 2.65. The molecule has 1 atom stereocenters. The van der Waals surface area contributed by atoms with Gasteiger partial charge >= 0.3 is 5.97 Å². The molecule has 0 spiro atoms. The second-order valence-electron chi connectivity index (χ2n) is 4.75. The number of non-ortho nitro benzene ring substituents is 1. The molecule has 0 saturated carbocycles. The number of nitro benzene ring substituents is 1. The lowest BCUT2D eigenvalue weighted by Gasteiger charge is -2.16. The molecule has 0 aliphatic carbocycles. The van der Waals surface area contributed by atoms with Crippen molar-refractivity contribution < 1.29 is 19.6 Å². The number of nitrogens with one attached hydrogen (secondary N) is 1. The highest BCUT2D eigenvalue weighted by Crippen LogP contribution is 2.12. The largest absolute Gasteiger partial charge is 0.480 e. The van der Waals surface area contributed by atoms with E-state index in [0.717, 1.165) is 0 Å². The number of rotatable bonds is 6. The Morgan fingerprint density at radius 1 is 1.29 bits per heavy atom. The van der Waals surface area contributed by atoms with Gasteiger partial charge in [-0.3, -0.25) is 14.9 Å². The molecule has 0 aliphatic heterocycles. The number of aliphatic carboxylic acids is 1. The zero-order valence-corrected chi connectivity index (χ0v) is 11.6. The van der Waals surface area contributed by atoms with Crippen molar-refractivity contribution in [3.05, 3.63) is 46.0 Å². The summed E-state index contributed by atoms with van der Waals surface area (Å²) in [5, 5.41) is 21.8. The number of nitrogens with zero attached hydrogens (tertiary/aromatic N) is 1. The van der Waals surface area contributed by atoms with Gasteiger partial charge in [-0.05, 0) is 29.7 Å². The van der Waals surface area contributed by atoms with Gasteiger partial charge in [-0.1, -0.05) is 13.8 Å². The molecule has 0 saturated heterocycles. The van der Waals surface area contributed by atoms with Gasteiger partial charge in [0.25, 0.3) is 5.69 Å². The molecule has 0 aromatic heterocycles. The maximum Gasteiger partial charge on any atom is 0.326 e. The van der Waals surface area contributed by atoms with Crippen molar-refractivity contribution in [3.8, 4) is 0 Å². The van der Waals surface area contributed by atoms with Gasteiger partial charge in [-0.15, -0.1) is 0 Å². The summed E-state index contributed by atoms with van der Waals surface area (Å²) in [4.78, 5) is 32.6. The number of carbonyl (C=O) groups excluding carboxylic acids is 1. The summed E-state index contributed by atoms with van der Waals surface area (Å²) >= 11 is 0. The van der Waals surface area contributed by atoms with Crippen LogP contribution in [0.1, 0.15) is 19.4 Å². The summed E-state index contributed by atoms with van der Waals surface area (Å²) in [6.45, 7) is 3.39. The van der Waals surface area contributed by atoms with E-state index in [1.54, 1.807) is 13.8 Å². The molecule has 7 nitrogen and oxygen atoms in total. The Morgan fingerprint density at radius 3 is 2.29 bits per heavy atom. The highest BCUT2D eigenvalue weighted by Gasteiger charge is 2.22. The van der Waals surface area contributed by atoms with Crippen LogP contribution in [0.25, 0.3) is 6.08 Å². The molecule has 0 radical (unpaired) electrons. The second-order valence-corrected chi connectivity index (χ2v) is 4.75. The standard InChI is InChI=1S/C14H16N2O5/c1-9(2)13(14(18)19)15-12(17)8-5-10-3-6-11(7-4-10)16(20)21/h3-9,13H,1-2H3,(H,15,17)(H,18,19)/t13-/m1/s1. The Kier molecular flexibility index (Phi) is 5.59. The van der Waals surface area contributed by atoms with Crippen LogP contribution in [0.15, 0.2) is 30.3 Å². The maximum atomic E-state index is 11.6. The van der Waals surface area contributed by atoms with Crippen molar-refractivity contribution in [1.82, 2.24) is 5.32 Å². The molecule has 2 N–H and O–H groups in total. The first kappa shape index (κ1) is 16.4. The number of carbonyl (C=O) groups is 2. The van der Waals surface area contributed by atoms with Crippen LogP contribution in [0.5, 0.6) is 0 Å². The quantitative estimate of drug-likeness (QED) is 0.472. The van der Waals surface area contributed by atoms with Gasteiger partial charge < -0.3 is 10.4 Å². The van der Waals surface area contributed by atoms with Gasteiger partial charge in [0.2, 0.25) is 5.91 Å². The Labute approximate surface area is 121 Å². The van der Waals surface area contributed by atoms with Crippen molar-refractivity contribution in [2.75, 3.05) is 0 Å². The van der Waals surface area contributed by atoms with Crippen LogP contribution in [0.3, 0.4) is 0 Å². The van der Waals surface area contributed by atoms with Crippen molar-refractivity contribution in [3.63, 3.8) is 0 Å². The summed E-state index contributed by atoms with van der Waals surface area (Å²) in [7, 11) is 0. The Hall–Kier alpha value is -2.70. The molecule has 0 fully saturated rings. The Balaban J connectivity index is 2.69. The molecular formula is C14H16N2O5. The van der Waals surface area contributed by atoms with Gasteiger partial charge in [0.1, 0.15) is 6.04 Å². The van der Waals surface area contributed by atoms with Crippen LogP contribution in [0, 0.1) is 16.0 Å². The number of carboxylic acid groups (broad SMARTS) is 1. The summed E-state index contributed by atoms with van der Waals surface area (Å²) in [6, 6.07) is 4.69. The lowest BCUT2D eigenvalue weighted by atomic mass is 10.0. The highest BCUT2D eigenvalue weighted by atomic mass is 16.6. The van der Waals surface area contributed by atoms with Gasteiger partial charge in [-0.2, -0.15) is 0 Å². The van der Waals surface area contributed by atoms with Crippen LogP contribution in [0.2, 0.25) is 0 Å². The highest BCUT2D eigenvalue weighted by molar-refractivity contribution is 5.94. The zero-order chi connectivity index (χ0) is 16.0. The normalized spacial score (nSPS) is 12.3. The van der Waals surface area contributed by atoms with E-state index in [1.165, 1.54) is 36.4 Å². The SMILES string of the molecule is CC(C)[C@@H](NC(=O)C=Cc1ccc([N+](=O)[O-])cc1)C(=O)O. The molecule has 1 aromatic carbocycles. The maximum absolute atomic E-state index is 11.6. The summed E-state index contributed by atoms with van der Waals surface area (Å²) in [5.74, 6) is -1.87. The number of benzene rings is 1. The van der Waals surface area contributed by atoms with Gasteiger partial charge in [0.15, 0.2) is 0 Å². The van der Waals surface area contributed by atoms with E-state index in [9.17, 15) is 19.7 Å². The van der Waals surface area contributed by atoms with Crippen LogP contribution >= 0.6 is 0 Å². The van der Waals surface area contributed by atoms with Crippen molar-refractivity contribution in [2.24, 2.45) is 5.92 Å². The minimum atomic E-state index is -1.10. The molecule has 0 unspecified atom stereocenters. The predicted octanol–water partition coefficient (Wildman–Crippen LogP) is 1.83. The monoisotopic (exact) mass is 292 g/mol. The number of nitro groups is 1. The fraction of sp³-hybridized carbons (Fsp3) is 0.286. The molecule has 1 rings (SSSR count). The molecule has 112 valence electrons. The third kappa shape index (κ3) is 5.06. The smallest absolute Gasteiger partial charge is 0.326 e. The molecule has 0 bridgehead atoms. The number of amides is 1. The molecular weight excluding hydrogens is 276 g/mol. The molecule has 0 heterocycles. The average molecular weight is 292 g/mol. The summed E-state index contributed by atoms with van der Waals surface area (Å²) < 4.78 is 0. The van der Waals surface area contributed by atoms with Crippen molar-refractivity contribution >= 4 is 23.6 Å². The molecule has 21 heavy (non-hydrogen) atoms. The van der Waals surface area contributed by atoms with Crippen molar-refractivity contribution in [1.29, 1.82) is 0 Å². The van der Waals surface area contributed by atoms with Crippen LogP contribution < -0.4 is 5.32 Å². The molecule has 1 amide bonds. The van der Waals surface area contributed by atoms with Gasteiger partial charge in [0, 0.05) is 18.2 Å². The summed E-state index contributed by atoms with van der Waals surface area (Å²) in [5.41, 5.74) is 0.564.